The standard InChI is InChI=1S/C15H17IO3P/c1-16-20(17,18-12-14-8-4-2-5-9-14)19-13-15-10-6-3-7-11-15/h2-11H,12-13H2,1H3/q-1. The van der Waals surface area contributed by atoms with E-state index in [1.807, 2.05) is 65.6 Å². The number of rotatable bonds is 7. The summed E-state index contributed by atoms with van der Waals surface area (Å²) >= 11 is -0.628. The molecule has 0 aliphatic rings. The molecule has 0 aliphatic heterocycles. The molecule has 108 valence electrons. The van der Waals surface area contributed by atoms with Crippen LogP contribution >= 0.6 is 5.24 Å². The van der Waals surface area contributed by atoms with Crippen LogP contribution in [0.3, 0.4) is 0 Å². The number of halogens is 1. The SMILES string of the molecule is C[I-]P(=O)(OCc1ccccc1)OCc1ccccc1. The molecule has 0 atom stereocenters. The van der Waals surface area contributed by atoms with Crippen molar-refractivity contribution in [2.45, 2.75) is 13.2 Å². The molecule has 5 heteroatoms. The van der Waals surface area contributed by atoms with Gasteiger partial charge in [0.1, 0.15) is 0 Å². The summed E-state index contributed by atoms with van der Waals surface area (Å²) in [6.45, 7) is 0.668. The first-order valence-electron chi connectivity index (χ1n) is 6.20. The molecule has 0 spiro atoms. The summed E-state index contributed by atoms with van der Waals surface area (Å²) in [5.41, 5.74) is 2.02. The van der Waals surface area contributed by atoms with Crippen LogP contribution in [0, 0.1) is 0 Å². The van der Waals surface area contributed by atoms with Crippen molar-refractivity contribution in [1.29, 1.82) is 0 Å². The van der Waals surface area contributed by atoms with Gasteiger partial charge in [0.05, 0.1) is 0 Å². The molecule has 0 N–H and O–H groups in total. The Morgan fingerprint density at radius 1 is 0.850 bits per heavy atom. The van der Waals surface area contributed by atoms with E-state index in [0.29, 0.717) is 13.2 Å². The zero-order chi connectivity index (χ0) is 14.3. The quantitative estimate of drug-likeness (QED) is 0.397. The first kappa shape index (κ1) is 15.7. The topological polar surface area (TPSA) is 35.5 Å². The summed E-state index contributed by atoms with van der Waals surface area (Å²) in [4.78, 5) is 1.93. The van der Waals surface area contributed by atoms with E-state index >= 15 is 0 Å². The van der Waals surface area contributed by atoms with Gasteiger partial charge in [0, 0.05) is 0 Å². The van der Waals surface area contributed by atoms with Crippen molar-refractivity contribution in [3.63, 3.8) is 0 Å². The Kier molecular flexibility index (Phi) is 6.23. The summed E-state index contributed by atoms with van der Waals surface area (Å²) in [6.07, 6.45) is 0. The summed E-state index contributed by atoms with van der Waals surface area (Å²) in [6, 6.07) is 19.5. The van der Waals surface area contributed by atoms with Crippen molar-refractivity contribution in [3.8, 4) is 0 Å². The van der Waals surface area contributed by atoms with Gasteiger partial charge in [-0.1, -0.05) is 0 Å². The molecule has 20 heavy (non-hydrogen) atoms. The van der Waals surface area contributed by atoms with Crippen molar-refractivity contribution in [2.24, 2.45) is 0 Å². The normalized spacial score (nSPS) is 11.7. The molecule has 0 bridgehead atoms. The predicted octanol–water partition coefficient (Wildman–Crippen LogP) is 1.25. The number of alkyl halides is 1. The van der Waals surface area contributed by atoms with Crippen LogP contribution in [0.4, 0.5) is 0 Å². The summed E-state index contributed by atoms with van der Waals surface area (Å²) < 4.78 is 23.7. The van der Waals surface area contributed by atoms with Crippen molar-refractivity contribution in [1.82, 2.24) is 0 Å². The molecular formula is C15H17IO3P-. The summed E-state index contributed by atoms with van der Waals surface area (Å²) in [5, 5.41) is -2.92. The van der Waals surface area contributed by atoms with E-state index in [4.69, 9.17) is 9.05 Å². The monoisotopic (exact) mass is 403 g/mol. The average Bonchev–Trinajstić information content (AvgIpc) is 2.53. The van der Waals surface area contributed by atoms with Crippen LogP contribution in [-0.4, -0.2) is 4.93 Å². The van der Waals surface area contributed by atoms with Crippen LogP contribution in [0.15, 0.2) is 60.7 Å². The maximum atomic E-state index is 12.5. The third-order valence-electron chi connectivity index (χ3n) is 2.66. The van der Waals surface area contributed by atoms with Gasteiger partial charge in [0.25, 0.3) is 0 Å². The molecule has 0 fully saturated rings. The van der Waals surface area contributed by atoms with Gasteiger partial charge in [-0.3, -0.25) is 0 Å². The Hall–Kier alpha value is -0.680. The second kappa shape index (κ2) is 7.93. The van der Waals surface area contributed by atoms with Gasteiger partial charge in [0.2, 0.25) is 0 Å². The molecule has 0 saturated carbocycles. The van der Waals surface area contributed by atoms with Gasteiger partial charge in [-0.15, -0.1) is 0 Å². The summed E-state index contributed by atoms with van der Waals surface area (Å²) in [7, 11) is 0. The fourth-order valence-corrected chi connectivity index (χ4v) is 4.97. The zero-order valence-electron chi connectivity index (χ0n) is 11.2. The molecule has 2 aromatic rings. The van der Waals surface area contributed by atoms with E-state index in [1.165, 1.54) is 0 Å². The first-order chi connectivity index (χ1) is 9.72. The molecule has 0 radical (unpaired) electrons. The van der Waals surface area contributed by atoms with E-state index in [9.17, 15) is 4.57 Å². The molecular weight excluding hydrogens is 386 g/mol. The zero-order valence-corrected chi connectivity index (χ0v) is 14.3. The third-order valence-corrected chi connectivity index (χ3v) is 9.17. The molecule has 0 unspecified atom stereocenters. The molecule has 0 aliphatic carbocycles. The van der Waals surface area contributed by atoms with Gasteiger partial charge in [-0.25, -0.2) is 0 Å². The van der Waals surface area contributed by atoms with E-state index in [1.54, 1.807) is 0 Å². The van der Waals surface area contributed by atoms with E-state index < -0.39 is 25.9 Å². The Labute approximate surface area is 129 Å². The Balaban J connectivity index is 1.90. The molecule has 3 nitrogen and oxygen atoms in total. The maximum absolute atomic E-state index is 12.5. The van der Waals surface area contributed by atoms with Crippen LogP contribution in [-0.2, 0) is 26.8 Å². The molecule has 0 saturated heterocycles. The van der Waals surface area contributed by atoms with Gasteiger partial charge in [-0.05, 0) is 0 Å². The Morgan fingerprint density at radius 2 is 1.25 bits per heavy atom. The number of benzene rings is 2. The van der Waals surface area contributed by atoms with Crippen LogP contribution in [0.2, 0.25) is 0 Å². The fourth-order valence-electron chi connectivity index (χ4n) is 1.59. The van der Waals surface area contributed by atoms with Crippen LogP contribution in [0.1, 0.15) is 11.1 Å². The third kappa shape index (κ3) is 5.02. The second-order valence-electron chi connectivity index (χ2n) is 4.12. The van der Waals surface area contributed by atoms with Gasteiger partial charge < -0.3 is 0 Å². The van der Waals surface area contributed by atoms with Crippen LogP contribution < -0.4 is 20.7 Å². The molecule has 0 aromatic heterocycles. The summed E-state index contributed by atoms with van der Waals surface area (Å²) in [5.74, 6) is 0. The predicted molar refractivity (Wildman–Crippen MR) is 76.0 cm³/mol. The Morgan fingerprint density at radius 3 is 1.60 bits per heavy atom. The van der Waals surface area contributed by atoms with Gasteiger partial charge >= 0.3 is 129 Å². The second-order valence-corrected chi connectivity index (χ2v) is 12.3. The fraction of sp³-hybridized carbons (Fsp3) is 0.200. The van der Waals surface area contributed by atoms with Crippen molar-refractivity contribution in [2.75, 3.05) is 4.93 Å². The van der Waals surface area contributed by atoms with Crippen LogP contribution in [0.25, 0.3) is 0 Å². The molecule has 2 aromatic carbocycles. The number of hydrogen-bond donors (Lipinski definition) is 0. The van der Waals surface area contributed by atoms with Gasteiger partial charge in [-0.2, -0.15) is 0 Å². The molecule has 0 heterocycles. The van der Waals surface area contributed by atoms with Crippen molar-refractivity contribution >= 4 is 5.24 Å². The first-order valence-corrected chi connectivity index (χ1v) is 12.7. The van der Waals surface area contributed by atoms with E-state index in [-0.39, 0.29) is 0 Å². The Bertz CT molecular complexity index is 512. The minimum absolute atomic E-state index is 0.334. The van der Waals surface area contributed by atoms with Crippen LogP contribution in [0.5, 0.6) is 0 Å². The minimum atomic E-state index is -2.92. The van der Waals surface area contributed by atoms with Gasteiger partial charge in [0.15, 0.2) is 0 Å². The van der Waals surface area contributed by atoms with Crippen molar-refractivity contribution in [3.05, 3.63) is 71.8 Å². The van der Waals surface area contributed by atoms with E-state index in [0.717, 1.165) is 11.1 Å². The number of hydrogen-bond acceptors (Lipinski definition) is 3. The van der Waals surface area contributed by atoms with Crippen molar-refractivity contribution < 1.29 is 34.3 Å². The average molecular weight is 403 g/mol. The molecule has 2 rings (SSSR count). The molecule has 0 amide bonds. The van der Waals surface area contributed by atoms with E-state index in [2.05, 4.69) is 0 Å².